The summed E-state index contributed by atoms with van der Waals surface area (Å²) in [5.41, 5.74) is 0.468. The average Bonchev–Trinajstić information content (AvgIpc) is 2.93. The number of aromatic hydroxyl groups is 1. The van der Waals surface area contributed by atoms with Crippen LogP contribution < -0.4 is 5.32 Å². The molecule has 1 aromatic carbocycles. The van der Waals surface area contributed by atoms with Gasteiger partial charge in [0.2, 0.25) is 0 Å². The minimum absolute atomic E-state index is 0.175. The molecule has 0 bridgehead atoms. The van der Waals surface area contributed by atoms with Crippen LogP contribution in [0.25, 0.3) is 0 Å². The lowest BCUT2D eigenvalue weighted by Gasteiger charge is -2.26. The van der Waals surface area contributed by atoms with E-state index in [2.05, 4.69) is 5.32 Å². The molecular weight excluding hydrogens is 292 g/mol. The van der Waals surface area contributed by atoms with Gasteiger partial charge in [-0.2, -0.15) is 0 Å². The molecule has 0 aromatic heterocycles. The Balaban J connectivity index is 2.08. The molecule has 23 heavy (non-hydrogen) atoms. The van der Waals surface area contributed by atoms with Crippen LogP contribution in [0.5, 0.6) is 5.75 Å². The minimum Gasteiger partial charge on any atom is -0.508 e. The monoisotopic (exact) mass is 320 g/mol. The average molecular weight is 320 g/mol. The van der Waals surface area contributed by atoms with Crippen molar-refractivity contribution in [2.24, 2.45) is 5.92 Å². The minimum atomic E-state index is -0.475. The number of para-hydroxylation sites is 1. The van der Waals surface area contributed by atoms with Crippen LogP contribution in [-0.2, 0) is 4.74 Å². The van der Waals surface area contributed by atoms with E-state index in [1.807, 2.05) is 46.0 Å². The molecule has 2 atom stereocenters. The highest BCUT2D eigenvalue weighted by Gasteiger charge is 2.35. The SMILES string of the molecule is CNCC(c1ccccc1O)C1CCN(C(=O)OC(C)(C)C)C1. The summed E-state index contributed by atoms with van der Waals surface area (Å²) in [5, 5.41) is 13.4. The zero-order chi connectivity index (χ0) is 17.0. The molecule has 1 aromatic rings. The van der Waals surface area contributed by atoms with Crippen LogP contribution in [0, 0.1) is 5.92 Å². The molecule has 1 aliphatic heterocycles. The van der Waals surface area contributed by atoms with Gasteiger partial charge in [0.1, 0.15) is 11.4 Å². The molecule has 1 heterocycles. The molecule has 128 valence electrons. The standard InChI is InChI=1S/C18H28N2O3/c1-18(2,3)23-17(22)20-10-9-13(12-20)15(11-19-4)14-7-5-6-8-16(14)21/h5-8,13,15,19,21H,9-12H2,1-4H3. The number of carbonyl (C=O) groups is 1. The van der Waals surface area contributed by atoms with Gasteiger partial charge in [-0.25, -0.2) is 4.79 Å². The molecule has 5 heteroatoms. The second-order valence-corrected chi connectivity index (χ2v) is 7.20. The van der Waals surface area contributed by atoms with Crippen LogP contribution in [0.15, 0.2) is 24.3 Å². The number of rotatable bonds is 4. The first kappa shape index (κ1) is 17.6. The quantitative estimate of drug-likeness (QED) is 0.895. The number of likely N-dealkylation sites (N-methyl/N-ethyl adjacent to an activating group) is 1. The number of ether oxygens (including phenoxy) is 1. The van der Waals surface area contributed by atoms with Crippen LogP contribution in [0.1, 0.15) is 38.7 Å². The first-order chi connectivity index (χ1) is 10.8. The molecule has 2 rings (SSSR count). The van der Waals surface area contributed by atoms with Gasteiger partial charge in [-0.05, 0) is 51.8 Å². The summed E-state index contributed by atoms with van der Waals surface area (Å²) in [6.07, 6.45) is 0.667. The Labute approximate surface area is 138 Å². The van der Waals surface area contributed by atoms with E-state index in [4.69, 9.17) is 4.74 Å². The van der Waals surface area contributed by atoms with Crippen molar-refractivity contribution in [3.63, 3.8) is 0 Å². The lowest BCUT2D eigenvalue weighted by atomic mass is 9.85. The van der Waals surface area contributed by atoms with Gasteiger partial charge in [0, 0.05) is 25.6 Å². The third kappa shape index (κ3) is 4.61. The normalized spacial score (nSPS) is 19.7. The molecule has 5 nitrogen and oxygen atoms in total. The maximum absolute atomic E-state index is 12.2. The van der Waals surface area contributed by atoms with Crippen LogP contribution >= 0.6 is 0 Å². The number of phenols is 1. The maximum atomic E-state index is 12.2. The second kappa shape index (κ2) is 7.21. The van der Waals surface area contributed by atoms with Crippen LogP contribution in [0.3, 0.4) is 0 Å². The van der Waals surface area contributed by atoms with Gasteiger partial charge < -0.3 is 20.1 Å². The Kier molecular flexibility index (Phi) is 5.52. The van der Waals surface area contributed by atoms with E-state index < -0.39 is 5.60 Å². The van der Waals surface area contributed by atoms with Crippen molar-refractivity contribution in [3.8, 4) is 5.75 Å². The van der Waals surface area contributed by atoms with Crippen molar-refractivity contribution in [2.45, 2.75) is 38.7 Å². The van der Waals surface area contributed by atoms with Crippen molar-refractivity contribution in [1.29, 1.82) is 0 Å². The first-order valence-electron chi connectivity index (χ1n) is 8.22. The number of carbonyl (C=O) groups excluding carboxylic acids is 1. The van der Waals surface area contributed by atoms with E-state index in [9.17, 15) is 9.90 Å². The second-order valence-electron chi connectivity index (χ2n) is 7.20. The van der Waals surface area contributed by atoms with Crippen LogP contribution in [0.4, 0.5) is 4.79 Å². The van der Waals surface area contributed by atoms with E-state index in [-0.39, 0.29) is 12.0 Å². The predicted octanol–water partition coefficient (Wildman–Crippen LogP) is 2.95. The summed E-state index contributed by atoms with van der Waals surface area (Å²) in [6, 6.07) is 7.46. The third-order valence-corrected chi connectivity index (χ3v) is 4.21. The van der Waals surface area contributed by atoms with Crippen molar-refractivity contribution >= 4 is 6.09 Å². The Bertz CT molecular complexity index is 539. The molecule has 1 aliphatic rings. The zero-order valence-electron chi connectivity index (χ0n) is 14.5. The fourth-order valence-corrected chi connectivity index (χ4v) is 3.16. The molecule has 1 fully saturated rings. The van der Waals surface area contributed by atoms with Crippen molar-refractivity contribution < 1.29 is 14.6 Å². The zero-order valence-corrected chi connectivity index (χ0v) is 14.5. The Morgan fingerprint density at radius 1 is 1.43 bits per heavy atom. The fourth-order valence-electron chi connectivity index (χ4n) is 3.16. The molecule has 2 unspecified atom stereocenters. The molecular formula is C18H28N2O3. The molecule has 1 saturated heterocycles. The number of hydrogen-bond acceptors (Lipinski definition) is 4. The summed E-state index contributed by atoms with van der Waals surface area (Å²) in [5.74, 6) is 0.806. The highest BCUT2D eigenvalue weighted by Crippen LogP contribution is 2.36. The number of amides is 1. The Morgan fingerprint density at radius 3 is 2.74 bits per heavy atom. The summed E-state index contributed by atoms with van der Waals surface area (Å²) in [7, 11) is 1.91. The van der Waals surface area contributed by atoms with Gasteiger partial charge in [0.05, 0.1) is 0 Å². The van der Waals surface area contributed by atoms with Gasteiger partial charge in [-0.1, -0.05) is 18.2 Å². The highest BCUT2D eigenvalue weighted by molar-refractivity contribution is 5.68. The van der Waals surface area contributed by atoms with Crippen molar-refractivity contribution in [2.75, 3.05) is 26.7 Å². The fraction of sp³-hybridized carbons (Fsp3) is 0.611. The number of hydrogen-bond donors (Lipinski definition) is 2. The van der Waals surface area contributed by atoms with E-state index in [0.717, 1.165) is 18.5 Å². The molecule has 2 N–H and O–H groups in total. The number of benzene rings is 1. The number of likely N-dealkylation sites (tertiary alicyclic amines) is 1. The van der Waals surface area contributed by atoms with E-state index >= 15 is 0 Å². The number of nitrogens with zero attached hydrogens (tertiary/aromatic N) is 1. The van der Waals surface area contributed by atoms with Gasteiger partial charge in [0.15, 0.2) is 0 Å². The van der Waals surface area contributed by atoms with Gasteiger partial charge in [0.25, 0.3) is 0 Å². The lowest BCUT2D eigenvalue weighted by Crippen LogP contribution is -2.36. The topological polar surface area (TPSA) is 61.8 Å². The lowest BCUT2D eigenvalue weighted by molar-refractivity contribution is 0.0286. The molecule has 1 amide bonds. The molecule has 0 saturated carbocycles. The van der Waals surface area contributed by atoms with Crippen molar-refractivity contribution in [1.82, 2.24) is 10.2 Å². The molecule has 0 radical (unpaired) electrons. The summed E-state index contributed by atoms with van der Waals surface area (Å²) in [6.45, 7) is 7.77. The van der Waals surface area contributed by atoms with Gasteiger partial charge in [-0.3, -0.25) is 0 Å². The summed E-state index contributed by atoms with van der Waals surface area (Å²) < 4.78 is 5.46. The Morgan fingerprint density at radius 2 is 2.13 bits per heavy atom. The van der Waals surface area contributed by atoms with Crippen LogP contribution in [0.2, 0.25) is 0 Å². The van der Waals surface area contributed by atoms with E-state index in [1.54, 1.807) is 11.0 Å². The van der Waals surface area contributed by atoms with E-state index in [1.165, 1.54) is 0 Å². The number of phenolic OH excluding ortho intramolecular Hbond substituents is 1. The largest absolute Gasteiger partial charge is 0.508 e. The predicted molar refractivity (Wildman–Crippen MR) is 90.7 cm³/mol. The highest BCUT2D eigenvalue weighted by atomic mass is 16.6. The first-order valence-corrected chi connectivity index (χ1v) is 8.22. The molecule has 0 spiro atoms. The smallest absolute Gasteiger partial charge is 0.410 e. The van der Waals surface area contributed by atoms with Crippen LogP contribution in [-0.4, -0.2) is 48.4 Å². The summed E-state index contributed by atoms with van der Waals surface area (Å²) >= 11 is 0. The van der Waals surface area contributed by atoms with E-state index in [0.29, 0.717) is 24.8 Å². The van der Waals surface area contributed by atoms with Crippen molar-refractivity contribution in [3.05, 3.63) is 29.8 Å². The van der Waals surface area contributed by atoms with Gasteiger partial charge >= 0.3 is 6.09 Å². The number of nitrogens with one attached hydrogen (secondary N) is 1. The summed E-state index contributed by atoms with van der Waals surface area (Å²) in [4.78, 5) is 14.0. The molecule has 0 aliphatic carbocycles. The maximum Gasteiger partial charge on any atom is 0.410 e. The van der Waals surface area contributed by atoms with Gasteiger partial charge in [-0.15, -0.1) is 0 Å². The Hall–Kier alpha value is -1.75. The third-order valence-electron chi connectivity index (χ3n) is 4.21.